The van der Waals surface area contributed by atoms with Crippen LogP contribution in [0.15, 0.2) is 36.4 Å². The standard InChI is InChI=1S/C24H26N2O7/c1-14-5-6-16(9-15(14)2)19(27)13-33-24(30)18-11-22(28)26(12-18)25-23(29)17-7-8-20(31-3)21(10-17)32-4/h5-10,18H,11-13H2,1-4H3,(H,25,29). The number of esters is 1. The quantitative estimate of drug-likeness (QED) is 0.481. The first-order valence-corrected chi connectivity index (χ1v) is 10.3. The molecule has 2 aromatic carbocycles. The third-order valence-corrected chi connectivity index (χ3v) is 5.52. The van der Waals surface area contributed by atoms with Crippen LogP contribution in [0.5, 0.6) is 11.5 Å². The molecule has 9 nitrogen and oxygen atoms in total. The van der Waals surface area contributed by atoms with Crippen molar-refractivity contribution in [2.75, 3.05) is 27.4 Å². The number of carbonyl (C=O) groups excluding carboxylic acids is 4. The lowest BCUT2D eigenvalue weighted by Gasteiger charge is -2.18. The van der Waals surface area contributed by atoms with Crippen molar-refractivity contribution in [1.29, 1.82) is 0 Å². The number of carbonyl (C=O) groups is 4. The second kappa shape index (κ2) is 10.2. The second-order valence-corrected chi connectivity index (χ2v) is 7.75. The fourth-order valence-corrected chi connectivity index (χ4v) is 3.39. The van der Waals surface area contributed by atoms with Crippen LogP contribution in [-0.4, -0.2) is 55.9 Å². The van der Waals surface area contributed by atoms with Crippen molar-refractivity contribution in [3.8, 4) is 11.5 Å². The molecule has 0 saturated carbocycles. The van der Waals surface area contributed by atoms with E-state index in [2.05, 4.69) is 5.43 Å². The van der Waals surface area contributed by atoms with Crippen molar-refractivity contribution in [2.24, 2.45) is 5.92 Å². The molecular weight excluding hydrogens is 428 g/mol. The normalized spacial score (nSPS) is 15.2. The number of benzene rings is 2. The summed E-state index contributed by atoms with van der Waals surface area (Å²) < 4.78 is 15.5. The van der Waals surface area contributed by atoms with Gasteiger partial charge in [0, 0.05) is 17.5 Å². The zero-order valence-electron chi connectivity index (χ0n) is 19.0. The minimum absolute atomic E-state index is 0.0471. The number of amides is 2. The summed E-state index contributed by atoms with van der Waals surface area (Å²) in [5.74, 6) is -1.90. The molecule has 1 N–H and O–H groups in total. The van der Waals surface area contributed by atoms with Crippen molar-refractivity contribution in [1.82, 2.24) is 10.4 Å². The van der Waals surface area contributed by atoms with Crippen LogP contribution in [0, 0.1) is 19.8 Å². The number of ether oxygens (including phenoxy) is 3. The maximum atomic E-state index is 12.6. The fraction of sp³-hybridized carbons (Fsp3) is 0.333. The Balaban J connectivity index is 1.56. The zero-order valence-corrected chi connectivity index (χ0v) is 19.0. The van der Waals surface area contributed by atoms with Crippen LogP contribution in [0.1, 0.15) is 38.3 Å². The number of rotatable bonds is 8. The summed E-state index contributed by atoms with van der Waals surface area (Å²) in [5.41, 5.74) is 5.23. The second-order valence-electron chi connectivity index (χ2n) is 7.75. The summed E-state index contributed by atoms with van der Waals surface area (Å²) in [5, 5.41) is 1.08. The maximum Gasteiger partial charge on any atom is 0.311 e. The number of hydrazine groups is 1. The van der Waals surface area contributed by atoms with E-state index in [1.54, 1.807) is 18.2 Å². The molecular formula is C24H26N2O7. The van der Waals surface area contributed by atoms with Gasteiger partial charge in [0.15, 0.2) is 23.9 Å². The number of nitrogens with zero attached hydrogens (tertiary/aromatic N) is 1. The van der Waals surface area contributed by atoms with Gasteiger partial charge in [-0.2, -0.15) is 0 Å². The molecule has 3 rings (SSSR count). The van der Waals surface area contributed by atoms with Crippen molar-refractivity contribution in [3.63, 3.8) is 0 Å². The number of nitrogens with one attached hydrogen (secondary N) is 1. The van der Waals surface area contributed by atoms with Gasteiger partial charge in [0.25, 0.3) is 5.91 Å². The van der Waals surface area contributed by atoms with Crippen LogP contribution in [0.2, 0.25) is 0 Å². The predicted molar refractivity (Wildman–Crippen MR) is 118 cm³/mol. The van der Waals surface area contributed by atoms with Crippen molar-refractivity contribution >= 4 is 23.6 Å². The minimum atomic E-state index is -0.782. The van der Waals surface area contributed by atoms with Crippen LogP contribution in [-0.2, 0) is 14.3 Å². The van der Waals surface area contributed by atoms with Crippen LogP contribution in [0.25, 0.3) is 0 Å². The summed E-state index contributed by atoms with van der Waals surface area (Å²) in [7, 11) is 2.93. The molecule has 0 aromatic heterocycles. The van der Waals surface area contributed by atoms with Gasteiger partial charge in [-0.25, -0.2) is 0 Å². The summed E-state index contributed by atoms with van der Waals surface area (Å²) in [6.07, 6.45) is -0.122. The highest BCUT2D eigenvalue weighted by Gasteiger charge is 2.36. The Morgan fingerprint density at radius 3 is 2.33 bits per heavy atom. The van der Waals surface area contributed by atoms with E-state index in [0.29, 0.717) is 17.1 Å². The highest BCUT2D eigenvalue weighted by Crippen LogP contribution is 2.27. The first-order chi connectivity index (χ1) is 15.7. The van der Waals surface area contributed by atoms with E-state index < -0.39 is 30.3 Å². The first-order valence-electron chi connectivity index (χ1n) is 10.3. The lowest BCUT2D eigenvalue weighted by atomic mass is 10.0. The molecule has 1 atom stereocenters. The maximum absolute atomic E-state index is 12.6. The van der Waals surface area contributed by atoms with Crippen molar-refractivity contribution < 1.29 is 33.4 Å². The van der Waals surface area contributed by atoms with Crippen LogP contribution < -0.4 is 14.9 Å². The number of methoxy groups -OCH3 is 2. The Labute approximate surface area is 191 Å². The van der Waals surface area contributed by atoms with Crippen LogP contribution in [0.3, 0.4) is 0 Å². The molecule has 2 amide bonds. The first kappa shape index (κ1) is 23.8. The average Bonchev–Trinajstić information content (AvgIpc) is 3.18. The Hall–Kier alpha value is -3.88. The van der Waals surface area contributed by atoms with Gasteiger partial charge in [-0.3, -0.25) is 29.6 Å². The lowest BCUT2D eigenvalue weighted by molar-refractivity contribution is -0.147. The molecule has 1 unspecified atom stereocenters. The van der Waals surface area contributed by atoms with Crippen molar-refractivity contribution in [3.05, 3.63) is 58.7 Å². The highest BCUT2D eigenvalue weighted by atomic mass is 16.5. The number of ketones is 1. The van der Waals surface area contributed by atoms with Gasteiger partial charge in [-0.15, -0.1) is 0 Å². The van der Waals surface area contributed by atoms with Gasteiger partial charge in [-0.1, -0.05) is 12.1 Å². The van der Waals surface area contributed by atoms with E-state index in [4.69, 9.17) is 14.2 Å². The SMILES string of the molecule is COc1ccc(C(=O)NN2CC(C(=O)OCC(=O)c3ccc(C)c(C)c3)CC2=O)cc1OC. The number of Topliss-reactive ketones (excluding diaryl/α,β-unsaturated/α-hetero) is 1. The Bertz CT molecular complexity index is 1100. The predicted octanol–water partition coefficient (Wildman–Crippen LogP) is 2.24. The van der Waals surface area contributed by atoms with Crippen LogP contribution >= 0.6 is 0 Å². The minimum Gasteiger partial charge on any atom is -0.493 e. The molecule has 0 radical (unpaired) electrons. The third-order valence-electron chi connectivity index (χ3n) is 5.52. The fourth-order valence-electron chi connectivity index (χ4n) is 3.39. The molecule has 0 bridgehead atoms. The molecule has 1 heterocycles. The molecule has 174 valence electrons. The van der Waals surface area contributed by atoms with E-state index in [1.165, 1.54) is 26.4 Å². The Kier molecular flexibility index (Phi) is 7.32. The Morgan fingerprint density at radius 2 is 1.67 bits per heavy atom. The van der Waals surface area contributed by atoms with E-state index >= 15 is 0 Å². The van der Waals surface area contributed by atoms with Gasteiger partial charge in [0.1, 0.15) is 0 Å². The van der Waals surface area contributed by atoms with Crippen LogP contribution in [0.4, 0.5) is 0 Å². The molecule has 0 spiro atoms. The summed E-state index contributed by atoms with van der Waals surface area (Å²) in [6.45, 7) is 3.38. The molecule has 1 fully saturated rings. The third kappa shape index (κ3) is 5.49. The molecule has 33 heavy (non-hydrogen) atoms. The molecule has 1 aliphatic heterocycles. The summed E-state index contributed by atoms with van der Waals surface area (Å²) in [6, 6.07) is 9.85. The van der Waals surface area contributed by atoms with E-state index in [9.17, 15) is 19.2 Å². The summed E-state index contributed by atoms with van der Waals surface area (Å²) >= 11 is 0. The van der Waals surface area contributed by atoms with E-state index in [0.717, 1.165) is 16.1 Å². The van der Waals surface area contributed by atoms with E-state index in [-0.39, 0.29) is 24.3 Å². The topological polar surface area (TPSA) is 111 Å². The molecule has 0 aliphatic carbocycles. The molecule has 1 aliphatic rings. The van der Waals surface area contributed by atoms with Gasteiger partial charge in [0.05, 0.1) is 26.7 Å². The summed E-state index contributed by atoms with van der Waals surface area (Å²) in [4.78, 5) is 49.6. The number of aryl methyl sites for hydroxylation is 2. The van der Waals surface area contributed by atoms with E-state index in [1.807, 2.05) is 19.9 Å². The Morgan fingerprint density at radius 1 is 0.970 bits per heavy atom. The van der Waals surface area contributed by atoms with Gasteiger partial charge in [0.2, 0.25) is 5.91 Å². The molecule has 2 aromatic rings. The lowest BCUT2D eigenvalue weighted by Crippen LogP contribution is -2.43. The monoisotopic (exact) mass is 454 g/mol. The largest absolute Gasteiger partial charge is 0.493 e. The van der Waals surface area contributed by atoms with Gasteiger partial charge in [-0.05, 0) is 49.2 Å². The van der Waals surface area contributed by atoms with Crippen molar-refractivity contribution in [2.45, 2.75) is 20.3 Å². The molecule has 9 heteroatoms. The van der Waals surface area contributed by atoms with Gasteiger partial charge >= 0.3 is 5.97 Å². The zero-order chi connectivity index (χ0) is 24.1. The highest BCUT2D eigenvalue weighted by molar-refractivity contribution is 5.99. The number of hydrogen-bond donors (Lipinski definition) is 1. The smallest absolute Gasteiger partial charge is 0.311 e. The number of hydrogen-bond acceptors (Lipinski definition) is 7. The average molecular weight is 454 g/mol. The molecule has 1 saturated heterocycles. The van der Waals surface area contributed by atoms with Gasteiger partial charge < -0.3 is 14.2 Å².